The molecule has 0 spiro atoms. The van der Waals surface area contributed by atoms with Crippen LogP contribution in [0.4, 0.5) is 5.82 Å². The summed E-state index contributed by atoms with van der Waals surface area (Å²) in [5.41, 5.74) is 8.28. The molecule has 0 bridgehead atoms. The van der Waals surface area contributed by atoms with E-state index in [4.69, 9.17) is 11.1 Å². The molecule has 0 aliphatic carbocycles. The average Bonchev–Trinajstić information content (AvgIpc) is 2.59. The van der Waals surface area contributed by atoms with Gasteiger partial charge in [-0.1, -0.05) is 72.4 Å². The number of hydrogen-bond acceptors (Lipinski definition) is 5. The number of rotatable bonds is 5. The molecule has 0 saturated carbocycles. The largest absolute Gasteiger partial charge is 0.380 e. The van der Waals surface area contributed by atoms with Crippen LogP contribution in [0.5, 0.6) is 0 Å². The lowest BCUT2D eigenvalue weighted by atomic mass is 10.2. The molecule has 0 radical (unpaired) electrons. The molecule has 3 N–H and O–H groups in total. The van der Waals surface area contributed by atoms with Gasteiger partial charge in [0, 0.05) is 5.75 Å². The van der Waals surface area contributed by atoms with E-state index in [2.05, 4.69) is 22.2 Å². The zero-order chi connectivity index (χ0) is 16.1. The number of thioether (sulfide) groups is 1. The Hall–Kier alpha value is -2.60. The van der Waals surface area contributed by atoms with E-state index in [0.29, 0.717) is 11.7 Å². The van der Waals surface area contributed by atoms with Crippen LogP contribution in [0, 0.1) is 5.41 Å². The van der Waals surface area contributed by atoms with E-state index in [0.717, 1.165) is 11.3 Å². The van der Waals surface area contributed by atoms with Gasteiger partial charge in [0.05, 0.1) is 6.54 Å². The number of benzene rings is 2. The summed E-state index contributed by atoms with van der Waals surface area (Å²) in [5, 5.41) is 13.1. The summed E-state index contributed by atoms with van der Waals surface area (Å²) in [5.74, 6) is 0.967. The van der Waals surface area contributed by atoms with Crippen LogP contribution >= 0.6 is 11.8 Å². The highest BCUT2D eigenvalue weighted by molar-refractivity contribution is 7.98. The number of aromatic nitrogens is 3. The Morgan fingerprint density at radius 1 is 0.957 bits per heavy atom. The summed E-state index contributed by atoms with van der Waals surface area (Å²) < 4.78 is 1.59. The zero-order valence-electron chi connectivity index (χ0n) is 12.5. The minimum absolute atomic E-state index is 0.137. The second kappa shape index (κ2) is 7.11. The van der Waals surface area contributed by atoms with Gasteiger partial charge in [-0.05, 0) is 11.1 Å². The lowest BCUT2D eigenvalue weighted by molar-refractivity contribution is 0.572. The molecule has 2 aromatic carbocycles. The van der Waals surface area contributed by atoms with Crippen molar-refractivity contribution in [2.45, 2.75) is 17.5 Å². The van der Waals surface area contributed by atoms with Gasteiger partial charge in [-0.2, -0.15) is 0 Å². The van der Waals surface area contributed by atoms with Crippen molar-refractivity contribution in [3.63, 3.8) is 0 Å². The van der Waals surface area contributed by atoms with Crippen LogP contribution in [0.3, 0.4) is 0 Å². The SMILES string of the molecule is N=c1c(N)nc(SCc2ccccc2)nn1Cc1ccccc1. The van der Waals surface area contributed by atoms with Crippen molar-refractivity contribution < 1.29 is 0 Å². The highest BCUT2D eigenvalue weighted by Gasteiger charge is 2.07. The molecule has 0 fully saturated rings. The molecular weight excluding hydrogens is 306 g/mol. The van der Waals surface area contributed by atoms with E-state index >= 15 is 0 Å². The lowest BCUT2D eigenvalue weighted by Gasteiger charge is -2.09. The Morgan fingerprint density at radius 3 is 2.22 bits per heavy atom. The van der Waals surface area contributed by atoms with Gasteiger partial charge in [0.2, 0.25) is 5.16 Å². The highest BCUT2D eigenvalue weighted by Crippen LogP contribution is 2.18. The molecule has 3 aromatic rings. The molecule has 3 rings (SSSR count). The number of hydrogen-bond donors (Lipinski definition) is 2. The molecule has 0 aliphatic heterocycles. The van der Waals surface area contributed by atoms with Gasteiger partial charge in [-0.25, -0.2) is 9.67 Å². The summed E-state index contributed by atoms with van der Waals surface area (Å²) in [6, 6.07) is 20.0. The lowest BCUT2D eigenvalue weighted by Crippen LogP contribution is -2.28. The third kappa shape index (κ3) is 3.98. The first-order valence-corrected chi connectivity index (χ1v) is 8.21. The van der Waals surface area contributed by atoms with Gasteiger partial charge >= 0.3 is 0 Å². The molecule has 0 amide bonds. The molecule has 0 atom stereocenters. The Labute approximate surface area is 138 Å². The third-order valence-electron chi connectivity index (χ3n) is 3.31. The number of nitrogens with zero attached hydrogens (tertiary/aromatic N) is 3. The predicted molar refractivity (Wildman–Crippen MR) is 91.8 cm³/mol. The van der Waals surface area contributed by atoms with Gasteiger partial charge in [-0.3, -0.25) is 5.41 Å². The number of nitrogens with two attached hydrogens (primary N) is 1. The van der Waals surface area contributed by atoms with Crippen LogP contribution in [-0.2, 0) is 12.3 Å². The maximum atomic E-state index is 8.04. The Morgan fingerprint density at radius 2 is 1.57 bits per heavy atom. The molecule has 23 heavy (non-hydrogen) atoms. The Balaban J connectivity index is 1.80. The van der Waals surface area contributed by atoms with Gasteiger partial charge in [0.1, 0.15) is 0 Å². The van der Waals surface area contributed by atoms with Crippen LogP contribution in [-0.4, -0.2) is 14.8 Å². The van der Waals surface area contributed by atoms with Crippen molar-refractivity contribution in [3.05, 3.63) is 77.3 Å². The molecular formula is C17H17N5S. The summed E-state index contributed by atoms with van der Waals surface area (Å²) in [6.07, 6.45) is 0. The molecule has 0 unspecified atom stereocenters. The maximum absolute atomic E-state index is 8.04. The van der Waals surface area contributed by atoms with E-state index in [1.165, 1.54) is 17.3 Å². The van der Waals surface area contributed by atoms with E-state index in [9.17, 15) is 0 Å². The van der Waals surface area contributed by atoms with Crippen LogP contribution in [0.25, 0.3) is 0 Å². The molecule has 5 nitrogen and oxygen atoms in total. The van der Waals surface area contributed by atoms with Crippen molar-refractivity contribution >= 4 is 17.6 Å². The third-order valence-corrected chi connectivity index (χ3v) is 4.22. The van der Waals surface area contributed by atoms with Crippen LogP contribution < -0.4 is 11.2 Å². The van der Waals surface area contributed by atoms with Gasteiger partial charge < -0.3 is 5.73 Å². The normalized spacial score (nSPS) is 10.6. The standard InChI is InChI=1S/C17H17N5S/c18-15-16(19)22(11-13-7-3-1-4-8-13)21-17(20-15)23-12-14-9-5-2-6-10-14/h1-10,19H,11-12H2,(H2,18,20,21). The second-order valence-electron chi connectivity index (χ2n) is 5.05. The highest BCUT2D eigenvalue weighted by atomic mass is 32.2. The minimum Gasteiger partial charge on any atom is -0.380 e. The molecule has 1 aromatic heterocycles. The summed E-state index contributed by atoms with van der Waals surface area (Å²) >= 11 is 1.51. The van der Waals surface area contributed by atoms with Gasteiger partial charge in [-0.15, -0.1) is 5.10 Å². The van der Waals surface area contributed by atoms with E-state index in [1.54, 1.807) is 4.68 Å². The topological polar surface area (TPSA) is 80.6 Å². The maximum Gasteiger partial charge on any atom is 0.209 e. The van der Waals surface area contributed by atoms with Gasteiger partial charge in [0.25, 0.3) is 0 Å². The first kappa shape index (κ1) is 15.3. The molecule has 1 heterocycles. The van der Waals surface area contributed by atoms with Crippen molar-refractivity contribution in [1.29, 1.82) is 5.41 Å². The number of anilines is 1. The van der Waals surface area contributed by atoms with Crippen LogP contribution in [0.15, 0.2) is 65.8 Å². The monoisotopic (exact) mass is 323 g/mol. The fourth-order valence-corrected chi connectivity index (χ4v) is 2.93. The Bertz CT molecular complexity index is 831. The number of nitrogens with one attached hydrogen (secondary N) is 1. The molecule has 6 heteroatoms. The number of nitrogen functional groups attached to an aromatic ring is 1. The average molecular weight is 323 g/mol. The first-order chi connectivity index (χ1) is 11.2. The quantitative estimate of drug-likeness (QED) is 0.707. The van der Waals surface area contributed by atoms with E-state index < -0.39 is 0 Å². The molecule has 0 aliphatic rings. The van der Waals surface area contributed by atoms with Crippen LogP contribution in [0.2, 0.25) is 0 Å². The summed E-state index contributed by atoms with van der Waals surface area (Å²) in [7, 11) is 0. The Kier molecular flexibility index (Phi) is 4.73. The summed E-state index contributed by atoms with van der Waals surface area (Å²) in [6.45, 7) is 0.505. The van der Waals surface area contributed by atoms with Crippen molar-refractivity contribution in [2.75, 3.05) is 5.73 Å². The fraction of sp³-hybridized carbons (Fsp3) is 0.118. The van der Waals surface area contributed by atoms with Gasteiger partial charge in [0.15, 0.2) is 11.3 Å². The second-order valence-corrected chi connectivity index (χ2v) is 5.99. The first-order valence-electron chi connectivity index (χ1n) is 7.22. The minimum atomic E-state index is 0.137. The van der Waals surface area contributed by atoms with Crippen molar-refractivity contribution in [1.82, 2.24) is 14.8 Å². The van der Waals surface area contributed by atoms with E-state index in [-0.39, 0.29) is 11.3 Å². The van der Waals surface area contributed by atoms with Crippen molar-refractivity contribution in [2.24, 2.45) is 0 Å². The zero-order valence-corrected chi connectivity index (χ0v) is 13.3. The van der Waals surface area contributed by atoms with Crippen molar-refractivity contribution in [3.8, 4) is 0 Å². The summed E-state index contributed by atoms with van der Waals surface area (Å²) in [4.78, 5) is 4.21. The van der Waals surface area contributed by atoms with Crippen LogP contribution in [0.1, 0.15) is 11.1 Å². The fourth-order valence-electron chi connectivity index (χ4n) is 2.12. The predicted octanol–water partition coefficient (Wildman–Crippen LogP) is 2.68. The molecule has 0 saturated heterocycles. The van der Waals surface area contributed by atoms with E-state index in [1.807, 2.05) is 48.5 Å². The molecule has 116 valence electrons. The smallest absolute Gasteiger partial charge is 0.209 e.